The monoisotopic (exact) mass is 737 g/mol. The zero-order valence-corrected chi connectivity index (χ0v) is 32.7. The van der Waals surface area contributed by atoms with Gasteiger partial charge in [0.15, 0.2) is 5.03 Å². The standard InChI is InChI=1S/C38H55N7O6S/c1-35(2,3)28-15-13-26-31(41-28)45-23-24(20-37(45,7)8)12-14-27(40-29-10-9-11-30(42-29)52(49,50)43-32(26)46)33(47)39-25-21-38(22-25)16-18-44(19-17-38)34(48)51-36(4,5)6/h9-11,13,15,24-25,27H,12,14,16-23H2,1-8H3,(H,39,47)(H,40,42)(H,43,46)/t24-,27-/m0/s1. The number of hydrogen-bond donors (Lipinski definition) is 3. The summed E-state index contributed by atoms with van der Waals surface area (Å²) in [5.74, 6) is -0.0565. The number of carbonyl (C=O) groups excluding carboxylic acids is 3. The van der Waals surface area contributed by atoms with Crippen LogP contribution in [0.5, 0.6) is 0 Å². The predicted molar refractivity (Wildman–Crippen MR) is 199 cm³/mol. The fraction of sp³-hybridized carbons (Fsp3) is 0.658. The highest BCUT2D eigenvalue weighted by Gasteiger charge is 2.48. The number of piperidine rings is 1. The average Bonchev–Trinajstić information content (AvgIpc) is 3.34. The van der Waals surface area contributed by atoms with E-state index in [-0.39, 0.29) is 56.7 Å². The minimum atomic E-state index is -4.37. The Bertz CT molecular complexity index is 1820. The first kappa shape index (κ1) is 37.8. The third kappa shape index (κ3) is 8.16. The molecule has 2 atom stereocenters. The van der Waals surface area contributed by atoms with Gasteiger partial charge in [-0.05, 0) is 115 Å². The first-order valence-electron chi connectivity index (χ1n) is 18.5. The van der Waals surface area contributed by atoms with Gasteiger partial charge >= 0.3 is 6.09 Å². The van der Waals surface area contributed by atoms with Crippen LogP contribution in [-0.4, -0.2) is 84.1 Å². The van der Waals surface area contributed by atoms with E-state index in [1.54, 1.807) is 29.2 Å². The van der Waals surface area contributed by atoms with Gasteiger partial charge in [-0.3, -0.25) is 9.59 Å². The normalized spacial score (nSPS) is 24.3. The first-order valence-corrected chi connectivity index (χ1v) is 20.0. The van der Waals surface area contributed by atoms with Gasteiger partial charge in [0.25, 0.3) is 15.9 Å². The Morgan fingerprint density at radius 2 is 1.65 bits per heavy atom. The van der Waals surface area contributed by atoms with Crippen molar-refractivity contribution in [2.45, 2.75) is 134 Å². The largest absolute Gasteiger partial charge is 0.444 e. The van der Waals surface area contributed by atoms with Gasteiger partial charge in [-0.2, -0.15) is 8.42 Å². The molecule has 1 spiro atoms. The Morgan fingerprint density at radius 3 is 2.31 bits per heavy atom. The Kier molecular flexibility index (Phi) is 9.80. The molecule has 3 N–H and O–H groups in total. The highest BCUT2D eigenvalue weighted by Crippen LogP contribution is 2.49. The van der Waals surface area contributed by atoms with Crippen LogP contribution in [0.15, 0.2) is 35.4 Å². The van der Waals surface area contributed by atoms with Gasteiger partial charge < -0.3 is 25.2 Å². The maximum Gasteiger partial charge on any atom is 0.410 e. The number of ether oxygens (including phenoxy) is 1. The summed E-state index contributed by atoms with van der Waals surface area (Å²) in [6, 6.07) is 7.29. The number of amides is 3. The zero-order chi connectivity index (χ0) is 37.9. The molecule has 1 aliphatic carbocycles. The molecule has 4 aliphatic rings. The van der Waals surface area contributed by atoms with Crippen molar-refractivity contribution < 1.29 is 27.5 Å². The third-order valence-electron chi connectivity index (χ3n) is 11.0. The van der Waals surface area contributed by atoms with E-state index in [1.807, 2.05) is 41.5 Å². The zero-order valence-electron chi connectivity index (χ0n) is 31.8. The maximum atomic E-state index is 14.0. The van der Waals surface area contributed by atoms with Crippen LogP contribution in [0.2, 0.25) is 0 Å². The lowest BCUT2D eigenvalue weighted by Crippen LogP contribution is -2.57. The van der Waals surface area contributed by atoms with Crippen molar-refractivity contribution in [1.29, 1.82) is 0 Å². The highest BCUT2D eigenvalue weighted by molar-refractivity contribution is 7.90. The Labute approximate surface area is 308 Å². The summed E-state index contributed by atoms with van der Waals surface area (Å²) >= 11 is 0. The number of pyridine rings is 2. The average molecular weight is 738 g/mol. The van der Waals surface area contributed by atoms with E-state index >= 15 is 0 Å². The number of carbonyl (C=O) groups is 3. The van der Waals surface area contributed by atoms with Crippen molar-refractivity contribution in [2.24, 2.45) is 11.3 Å². The number of aromatic nitrogens is 2. The molecule has 5 heterocycles. The molecule has 3 aliphatic heterocycles. The van der Waals surface area contributed by atoms with Crippen molar-refractivity contribution in [3.63, 3.8) is 0 Å². The SMILES string of the molecule is CC(C)(C)OC(=O)N1CCC2(CC1)CC(NC(=O)[C@@H]1CC[C@@H]3CN(c4nc(C(C)(C)C)ccc4C(=O)NS(=O)(=O)c4cccc(n4)N1)C(C)(C)C3)C2. The molecule has 2 saturated heterocycles. The molecule has 0 unspecified atom stereocenters. The fourth-order valence-electron chi connectivity index (χ4n) is 8.21. The summed E-state index contributed by atoms with van der Waals surface area (Å²) in [5.41, 5.74) is -0.149. The molecular formula is C38H55N7O6S. The van der Waals surface area contributed by atoms with Crippen LogP contribution < -0.4 is 20.3 Å². The van der Waals surface area contributed by atoms with Gasteiger partial charge in [0.05, 0.1) is 5.56 Å². The second-order valence-electron chi connectivity index (χ2n) is 18.0. The van der Waals surface area contributed by atoms with Crippen LogP contribution in [0, 0.1) is 11.3 Å². The van der Waals surface area contributed by atoms with E-state index in [9.17, 15) is 22.8 Å². The summed E-state index contributed by atoms with van der Waals surface area (Å²) < 4.78 is 34.9. The summed E-state index contributed by atoms with van der Waals surface area (Å²) in [6.07, 6.45) is 5.17. The second kappa shape index (κ2) is 13.5. The number of hydrogen-bond acceptors (Lipinski definition) is 10. The smallest absolute Gasteiger partial charge is 0.410 e. The second-order valence-corrected chi connectivity index (χ2v) is 19.6. The molecule has 2 aromatic rings. The van der Waals surface area contributed by atoms with Crippen molar-refractivity contribution in [3.05, 3.63) is 41.6 Å². The summed E-state index contributed by atoms with van der Waals surface area (Å²) in [5, 5.41) is 6.16. The van der Waals surface area contributed by atoms with E-state index in [2.05, 4.69) is 39.1 Å². The molecule has 284 valence electrons. The molecule has 13 nitrogen and oxygen atoms in total. The first-order chi connectivity index (χ1) is 24.1. The quantitative estimate of drug-likeness (QED) is 0.366. The minimum Gasteiger partial charge on any atom is -0.444 e. The topological polar surface area (TPSA) is 163 Å². The summed E-state index contributed by atoms with van der Waals surface area (Å²) in [6.45, 7) is 17.8. The molecule has 1 saturated carbocycles. The van der Waals surface area contributed by atoms with E-state index in [0.717, 1.165) is 44.2 Å². The minimum absolute atomic E-state index is 0.00867. The van der Waals surface area contributed by atoms with E-state index < -0.39 is 27.6 Å². The van der Waals surface area contributed by atoms with Gasteiger partial charge in [-0.15, -0.1) is 0 Å². The summed E-state index contributed by atoms with van der Waals surface area (Å²) in [4.78, 5) is 53.5. The lowest BCUT2D eigenvalue weighted by molar-refractivity contribution is -0.124. The van der Waals surface area contributed by atoms with Gasteiger partial charge in [-0.25, -0.2) is 19.5 Å². The van der Waals surface area contributed by atoms with Crippen molar-refractivity contribution in [1.82, 2.24) is 24.9 Å². The number of nitrogens with zero attached hydrogens (tertiary/aromatic N) is 4. The number of anilines is 2. The van der Waals surface area contributed by atoms with Gasteiger partial charge in [0.1, 0.15) is 23.3 Å². The van der Waals surface area contributed by atoms with Crippen LogP contribution >= 0.6 is 0 Å². The van der Waals surface area contributed by atoms with E-state index in [0.29, 0.717) is 31.9 Å². The number of rotatable bonds is 2. The molecule has 3 fully saturated rings. The van der Waals surface area contributed by atoms with Crippen molar-refractivity contribution in [2.75, 3.05) is 29.9 Å². The van der Waals surface area contributed by atoms with Gasteiger partial charge in [0, 0.05) is 42.3 Å². The van der Waals surface area contributed by atoms with Crippen LogP contribution in [0.3, 0.4) is 0 Å². The number of nitrogens with one attached hydrogen (secondary N) is 3. The van der Waals surface area contributed by atoms with Crippen molar-refractivity contribution in [3.8, 4) is 0 Å². The van der Waals surface area contributed by atoms with E-state index in [1.165, 1.54) is 6.07 Å². The lowest BCUT2D eigenvalue weighted by atomic mass is 9.60. The lowest BCUT2D eigenvalue weighted by Gasteiger charge is -2.52. The summed E-state index contributed by atoms with van der Waals surface area (Å²) in [7, 11) is -4.37. The molecule has 2 aromatic heterocycles. The predicted octanol–water partition coefficient (Wildman–Crippen LogP) is 5.37. The van der Waals surface area contributed by atoms with Crippen LogP contribution in [0.4, 0.5) is 16.4 Å². The third-order valence-corrected chi connectivity index (χ3v) is 12.2. The molecule has 0 radical (unpaired) electrons. The molecule has 52 heavy (non-hydrogen) atoms. The number of sulfonamides is 1. The van der Waals surface area contributed by atoms with Gasteiger partial charge in [-0.1, -0.05) is 26.8 Å². The maximum absolute atomic E-state index is 14.0. The molecule has 3 amide bonds. The number of fused-ring (bicyclic) bond motifs is 6. The molecule has 0 aromatic carbocycles. The Hall–Kier alpha value is -3.94. The Balaban J connectivity index is 1.21. The van der Waals surface area contributed by atoms with E-state index in [4.69, 9.17) is 9.72 Å². The molecule has 6 rings (SSSR count). The fourth-order valence-corrected chi connectivity index (χ4v) is 9.15. The van der Waals surface area contributed by atoms with Crippen LogP contribution in [-0.2, 0) is 25.0 Å². The van der Waals surface area contributed by atoms with Gasteiger partial charge in [0.2, 0.25) is 5.91 Å². The van der Waals surface area contributed by atoms with Crippen LogP contribution in [0.1, 0.15) is 116 Å². The van der Waals surface area contributed by atoms with Crippen LogP contribution in [0.25, 0.3) is 0 Å². The van der Waals surface area contributed by atoms with Crippen molar-refractivity contribution >= 4 is 39.6 Å². The molecule has 14 heteroatoms. The Morgan fingerprint density at radius 1 is 0.962 bits per heavy atom. The highest BCUT2D eigenvalue weighted by atomic mass is 32.2. The molecule has 4 bridgehead atoms. The molecular weight excluding hydrogens is 683 g/mol. The number of likely N-dealkylation sites (tertiary alicyclic amines) is 1.